The first-order chi connectivity index (χ1) is 11.2. The molecule has 1 aromatic carbocycles. The minimum atomic E-state index is -0.0584. The SMILES string of the molecule is CN=C(NCc1ccon1)NCC(C)Oc1ccccc1OC.I. The fourth-order valence-corrected chi connectivity index (χ4v) is 1.94. The number of para-hydroxylation sites is 2. The highest BCUT2D eigenvalue weighted by atomic mass is 127. The van der Waals surface area contributed by atoms with E-state index in [-0.39, 0.29) is 30.1 Å². The third-order valence-corrected chi connectivity index (χ3v) is 3.11. The Labute approximate surface area is 158 Å². The van der Waals surface area contributed by atoms with Crippen molar-refractivity contribution in [3.63, 3.8) is 0 Å². The molecule has 1 unspecified atom stereocenters. The number of rotatable bonds is 7. The lowest BCUT2D eigenvalue weighted by molar-refractivity contribution is 0.213. The first-order valence-corrected chi connectivity index (χ1v) is 7.36. The van der Waals surface area contributed by atoms with Gasteiger partial charge in [-0.1, -0.05) is 17.3 Å². The van der Waals surface area contributed by atoms with Crippen molar-refractivity contribution < 1.29 is 14.0 Å². The van der Waals surface area contributed by atoms with Crippen LogP contribution in [0.25, 0.3) is 0 Å². The second-order valence-corrected chi connectivity index (χ2v) is 4.88. The van der Waals surface area contributed by atoms with Crippen molar-refractivity contribution in [2.24, 2.45) is 4.99 Å². The number of hydrogen-bond donors (Lipinski definition) is 2. The molecule has 0 spiro atoms. The summed E-state index contributed by atoms with van der Waals surface area (Å²) in [7, 11) is 3.34. The van der Waals surface area contributed by atoms with Gasteiger partial charge in [-0.25, -0.2) is 0 Å². The van der Waals surface area contributed by atoms with E-state index in [4.69, 9.17) is 14.0 Å². The molecule has 1 aromatic heterocycles. The Balaban J connectivity index is 0.00000288. The molecule has 7 nitrogen and oxygen atoms in total. The molecular weight excluding hydrogens is 423 g/mol. The molecule has 0 saturated carbocycles. The molecule has 0 aliphatic rings. The maximum Gasteiger partial charge on any atom is 0.191 e. The molecular formula is C16H23IN4O3. The van der Waals surface area contributed by atoms with Crippen molar-refractivity contribution in [1.29, 1.82) is 0 Å². The van der Waals surface area contributed by atoms with Gasteiger partial charge in [-0.2, -0.15) is 0 Å². The summed E-state index contributed by atoms with van der Waals surface area (Å²) in [4.78, 5) is 4.16. The topological polar surface area (TPSA) is 80.9 Å². The molecule has 0 bridgehead atoms. The van der Waals surface area contributed by atoms with Crippen molar-refractivity contribution >= 4 is 29.9 Å². The number of nitrogens with zero attached hydrogens (tertiary/aromatic N) is 2. The van der Waals surface area contributed by atoms with Gasteiger partial charge in [0.15, 0.2) is 17.5 Å². The Morgan fingerprint density at radius 3 is 2.62 bits per heavy atom. The number of aliphatic imine (C=N–C) groups is 1. The summed E-state index contributed by atoms with van der Waals surface area (Å²) in [6, 6.07) is 9.37. The van der Waals surface area contributed by atoms with Crippen LogP contribution in [0, 0.1) is 0 Å². The van der Waals surface area contributed by atoms with Crippen LogP contribution in [0.4, 0.5) is 0 Å². The maximum atomic E-state index is 5.88. The van der Waals surface area contributed by atoms with Gasteiger partial charge in [0.2, 0.25) is 0 Å². The van der Waals surface area contributed by atoms with Gasteiger partial charge in [0.05, 0.1) is 20.2 Å². The van der Waals surface area contributed by atoms with E-state index in [0.29, 0.717) is 24.8 Å². The predicted molar refractivity (Wildman–Crippen MR) is 103 cm³/mol. The molecule has 24 heavy (non-hydrogen) atoms. The monoisotopic (exact) mass is 446 g/mol. The highest BCUT2D eigenvalue weighted by molar-refractivity contribution is 14.0. The standard InChI is InChI=1S/C16H22N4O3.HI/c1-12(23-15-7-5-4-6-14(15)21-3)10-18-16(17-2)19-11-13-8-9-22-20-13;/h4-9,12H,10-11H2,1-3H3,(H2,17,18,19);1H. The van der Waals surface area contributed by atoms with Gasteiger partial charge in [0.25, 0.3) is 0 Å². The largest absolute Gasteiger partial charge is 0.493 e. The second-order valence-electron chi connectivity index (χ2n) is 4.88. The van der Waals surface area contributed by atoms with Crippen LogP contribution >= 0.6 is 24.0 Å². The highest BCUT2D eigenvalue weighted by Crippen LogP contribution is 2.26. The zero-order chi connectivity index (χ0) is 16.5. The Bertz CT molecular complexity index is 620. The van der Waals surface area contributed by atoms with Crippen LogP contribution in [0.15, 0.2) is 46.1 Å². The molecule has 0 aliphatic heterocycles. The van der Waals surface area contributed by atoms with Gasteiger partial charge in [-0.05, 0) is 19.1 Å². The predicted octanol–water partition coefficient (Wildman–Crippen LogP) is 2.43. The smallest absolute Gasteiger partial charge is 0.191 e. The molecule has 2 N–H and O–H groups in total. The lowest BCUT2D eigenvalue weighted by atomic mass is 10.3. The van der Waals surface area contributed by atoms with Crippen LogP contribution in [-0.4, -0.2) is 37.9 Å². The van der Waals surface area contributed by atoms with Gasteiger partial charge in [-0.3, -0.25) is 4.99 Å². The van der Waals surface area contributed by atoms with Crippen molar-refractivity contribution in [1.82, 2.24) is 15.8 Å². The Kier molecular flexibility index (Phi) is 8.98. The zero-order valence-corrected chi connectivity index (χ0v) is 16.3. The number of nitrogens with one attached hydrogen (secondary N) is 2. The van der Waals surface area contributed by atoms with Crippen LogP contribution in [-0.2, 0) is 6.54 Å². The van der Waals surface area contributed by atoms with E-state index in [1.807, 2.05) is 31.2 Å². The molecule has 0 saturated heterocycles. The van der Waals surface area contributed by atoms with E-state index in [9.17, 15) is 0 Å². The highest BCUT2D eigenvalue weighted by Gasteiger charge is 2.09. The molecule has 0 fully saturated rings. The first-order valence-electron chi connectivity index (χ1n) is 7.36. The van der Waals surface area contributed by atoms with Crippen molar-refractivity contribution in [2.45, 2.75) is 19.6 Å². The van der Waals surface area contributed by atoms with E-state index in [0.717, 1.165) is 11.4 Å². The zero-order valence-electron chi connectivity index (χ0n) is 14.0. The fraction of sp³-hybridized carbons (Fsp3) is 0.375. The van der Waals surface area contributed by atoms with Crippen molar-refractivity contribution in [2.75, 3.05) is 20.7 Å². The third-order valence-electron chi connectivity index (χ3n) is 3.11. The summed E-state index contributed by atoms with van der Waals surface area (Å²) in [6.07, 6.45) is 1.48. The average Bonchev–Trinajstić information content (AvgIpc) is 3.09. The molecule has 1 atom stereocenters. The van der Waals surface area contributed by atoms with Crippen LogP contribution in [0.3, 0.4) is 0 Å². The summed E-state index contributed by atoms with van der Waals surface area (Å²) in [5.41, 5.74) is 0.811. The fourth-order valence-electron chi connectivity index (χ4n) is 1.94. The molecule has 2 aromatic rings. The summed E-state index contributed by atoms with van der Waals surface area (Å²) in [5.74, 6) is 2.10. The van der Waals surface area contributed by atoms with E-state index in [1.165, 1.54) is 6.26 Å². The molecule has 132 valence electrons. The summed E-state index contributed by atoms with van der Waals surface area (Å²) in [6.45, 7) is 3.11. The first kappa shape index (κ1) is 20.1. The van der Waals surface area contributed by atoms with E-state index in [1.54, 1.807) is 20.2 Å². The average molecular weight is 446 g/mol. The number of halogens is 1. The Hall–Kier alpha value is -1.97. The molecule has 8 heteroatoms. The van der Waals surface area contributed by atoms with Gasteiger partial charge < -0.3 is 24.6 Å². The van der Waals surface area contributed by atoms with E-state index in [2.05, 4.69) is 20.8 Å². The van der Waals surface area contributed by atoms with Crippen molar-refractivity contribution in [3.05, 3.63) is 42.3 Å². The third kappa shape index (κ3) is 6.26. The number of methoxy groups -OCH3 is 1. The molecule has 0 radical (unpaired) electrons. The summed E-state index contributed by atoms with van der Waals surface area (Å²) >= 11 is 0. The van der Waals surface area contributed by atoms with Gasteiger partial charge in [0.1, 0.15) is 18.1 Å². The van der Waals surface area contributed by atoms with Gasteiger partial charge in [0, 0.05) is 13.1 Å². The number of aromatic nitrogens is 1. The lowest BCUT2D eigenvalue weighted by Gasteiger charge is -2.18. The van der Waals surface area contributed by atoms with Gasteiger partial charge in [-0.15, -0.1) is 24.0 Å². The molecule has 1 heterocycles. The van der Waals surface area contributed by atoms with Gasteiger partial charge >= 0.3 is 0 Å². The van der Waals surface area contributed by atoms with Crippen LogP contribution in [0.5, 0.6) is 11.5 Å². The number of ether oxygens (including phenoxy) is 2. The summed E-state index contributed by atoms with van der Waals surface area (Å²) < 4.78 is 15.9. The molecule has 2 rings (SSSR count). The van der Waals surface area contributed by atoms with E-state index >= 15 is 0 Å². The minimum Gasteiger partial charge on any atom is -0.493 e. The van der Waals surface area contributed by atoms with Crippen molar-refractivity contribution in [3.8, 4) is 11.5 Å². The normalized spacial score (nSPS) is 12.0. The lowest BCUT2D eigenvalue weighted by Crippen LogP contribution is -2.41. The maximum absolute atomic E-state index is 5.88. The molecule has 0 aliphatic carbocycles. The second kappa shape index (κ2) is 10.7. The molecule has 0 amide bonds. The van der Waals surface area contributed by atoms with E-state index < -0.39 is 0 Å². The number of benzene rings is 1. The Morgan fingerprint density at radius 2 is 2.00 bits per heavy atom. The number of guanidine groups is 1. The van der Waals surface area contributed by atoms with Crippen LogP contribution in [0.1, 0.15) is 12.6 Å². The minimum absolute atomic E-state index is 0. The summed E-state index contributed by atoms with van der Waals surface area (Å²) in [5, 5.41) is 10.2. The van der Waals surface area contributed by atoms with Crippen LogP contribution < -0.4 is 20.1 Å². The number of hydrogen-bond acceptors (Lipinski definition) is 5. The Morgan fingerprint density at radius 1 is 1.25 bits per heavy atom. The quantitative estimate of drug-likeness (QED) is 0.387. The van der Waals surface area contributed by atoms with Crippen LogP contribution in [0.2, 0.25) is 0 Å².